The van der Waals surface area contributed by atoms with Gasteiger partial charge in [-0.2, -0.15) is 0 Å². The first-order chi connectivity index (χ1) is 31.1. The first-order valence-electron chi connectivity index (χ1n) is 30.6. The van der Waals surface area contributed by atoms with Gasteiger partial charge in [0.15, 0.2) is 0 Å². The van der Waals surface area contributed by atoms with E-state index in [0.29, 0.717) is 0 Å². The first-order valence-corrected chi connectivity index (χ1v) is 36.4. The molecule has 0 fully saturated rings. The van der Waals surface area contributed by atoms with Crippen LogP contribution in [0.1, 0.15) is 338 Å². The number of hydrogen-bond acceptors (Lipinski definition) is 2. The molecular formula is C60H130O2P2. The van der Waals surface area contributed by atoms with E-state index < -0.39 is 13.7 Å². The fourth-order valence-electron chi connectivity index (χ4n) is 11.0. The first kappa shape index (κ1) is 66.9. The Kier molecular flexibility index (Phi) is 49.6. The van der Waals surface area contributed by atoms with Crippen LogP contribution in [0, 0.1) is 0 Å². The third kappa shape index (κ3) is 40.6. The van der Waals surface area contributed by atoms with E-state index in [1.165, 1.54) is 332 Å². The average Bonchev–Trinajstić information content (AvgIpc) is 3.29. The Balaban J connectivity index is 0. The van der Waals surface area contributed by atoms with Crippen LogP contribution in [0.25, 0.3) is 0 Å². The standard InChI is InChI=1S/C32H69OP.C28H61OP/c1-5-9-13-17-21-25-29-34(33,30-26-22-18-14-10-6-2,31-27-23-19-15-11-7-3)32-28-24-20-16-12-8-4;1-5-9-13-17-21-25-30(29,26-22-18-14-10-6-2,27-23-19-15-11-7-3)28-24-20-16-12-8-4/h33H,5-32H2,1-4H3;29H,5-28H2,1-4H3. The van der Waals surface area contributed by atoms with Crippen molar-refractivity contribution in [3.05, 3.63) is 0 Å². The van der Waals surface area contributed by atoms with Crippen LogP contribution in [-0.2, 0) is 0 Å². The van der Waals surface area contributed by atoms with Gasteiger partial charge < -0.3 is 0 Å². The molecule has 0 aromatic heterocycles. The molecule has 2 nitrogen and oxygen atoms in total. The molecule has 0 amide bonds. The predicted octanol–water partition coefficient (Wildman–Crippen LogP) is 22.2. The Morgan fingerprint density at radius 2 is 0.250 bits per heavy atom. The van der Waals surface area contributed by atoms with Gasteiger partial charge in [0.1, 0.15) is 0 Å². The maximum atomic E-state index is 12.7. The third-order valence-corrected chi connectivity index (χ3v) is 27.4. The molecule has 0 atom stereocenters. The third-order valence-electron chi connectivity index (χ3n) is 15.7. The van der Waals surface area contributed by atoms with Crippen molar-refractivity contribution in [3.8, 4) is 0 Å². The van der Waals surface area contributed by atoms with Crippen LogP contribution in [0.5, 0.6) is 0 Å². The van der Waals surface area contributed by atoms with Crippen LogP contribution in [-0.4, -0.2) is 59.1 Å². The fourth-order valence-corrected chi connectivity index (χ4v) is 22.0. The molecule has 0 aliphatic heterocycles. The average molecular weight is 946 g/mol. The van der Waals surface area contributed by atoms with Gasteiger partial charge >= 0.3 is 411 Å². The number of unbranched alkanes of at least 4 members (excludes halogenated alkanes) is 36. The Morgan fingerprint density at radius 1 is 0.156 bits per heavy atom. The van der Waals surface area contributed by atoms with E-state index in [-0.39, 0.29) is 0 Å². The van der Waals surface area contributed by atoms with Crippen LogP contribution < -0.4 is 0 Å². The zero-order valence-electron chi connectivity index (χ0n) is 46.6. The normalized spacial score (nSPS) is 13.3. The zero-order valence-corrected chi connectivity index (χ0v) is 48.3. The molecule has 0 heterocycles. The summed E-state index contributed by atoms with van der Waals surface area (Å²) < 4.78 is 0. The SMILES string of the molecule is CCCCCCCCP(O)(CCCCCCCC)(CCCCCCCC)CCCCCCCC.CCCCCCCP(O)(CCCCCCC)(CCCCCCC)CCCCCCC. The van der Waals surface area contributed by atoms with Gasteiger partial charge in [-0.05, 0) is 0 Å². The number of hydrogen-bond donors (Lipinski definition) is 2. The van der Waals surface area contributed by atoms with Crippen LogP contribution in [0.2, 0.25) is 0 Å². The molecular weight excluding hydrogens is 815 g/mol. The van der Waals surface area contributed by atoms with Crippen LogP contribution in [0.15, 0.2) is 0 Å². The minimum atomic E-state index is -2.57. The van der Waals surface area contributed by atoms with E-state index in [1.807, 2.05) is 0 Å². The summed E-state index contributed by atoms with van der Waals surface area (Å²) in [7, 11) is 0. The summed E-state index contributed by atoms with van der Waals surface area (Å²) in [5.74, 6) is 0. The molecule has 0 radical (unpaired) electrons. The Morgan fingerprint density at radius 3 is 0.359 bits per heavy atom. The fraction of sp³-hybridized carbons (Fsp3) is 1.00. The summed E-state index contributed by atoms with van der Waals surface area (Å²) in [4.78, 5) is 25.2. The molecule has 0 spiro atoms. The van der Waals surface area contributed by atoms with Crippen molar-refractivity contribution in [3.63, 3.8) is 0 Å². The molecule has 0 rings (SSSR count). The predicted molar refractivity (Wildman–Crippen MR) is 306 cm³/mol. The Hall–Kier alpha value is 0.780. The molecule has 2 N–H and O–H groups in total. The summed E-state index contributed by atoms with van der Waals surface area (Å²) in [6, 6.07) is 0. The molecule has 0 aromatic rings. The Bertz CT molecular complexity index is 763. The zero-order chi connectivity index (χ0) is 47.7. The van der Waals surface area contributed by atoms with Gasteiger partial charge in [0.2, 0.25) is 0 Å². The van der Waals surface area contributed by atoms with E-state index in [4.69, 9.17) is 0 Å². The summed E-state index contributed by atoms with van der Waals surface area (Å²) in [5.41, 5.74) is 0. The van der Waals surface area contributed by atoms with Crippen molar-refractivity contribution in [2.75, 3.05) is 49.3 Å². The van der Waals surface area contributed by atoms with E-state index in [9.17, 15) is 9.79 Å². The van der Waals surface area contributed by atoms with Crippen LogP contribution in [0.3, 0.4) is 0 Å². The molecule has 4 heteroatoms. The van der Waals surface area contributed by atoms with Gasteiger partial charge in [-0.15, -0.1) is 0 Å². The molecule has 0 aliphatic rings. The molecule has 0 saturated carbocycles. The van der Waals surface area contributed by atoms with E-state index in [1.54, 1.807) is 0 Å². The molecule has 64 heavy (non-hydrogen) atoms. The Labute approximate surface area is 408 Å². The van der Waals surface area contributed by atoms with Gasteiger partial charge in [-0.25, -0.2) is 0 Å². The van der Waals surface area contributed by atoms with Crippen LogP contribution in [0.4, 0.5) is 0 Å². The van der Waals surface area contributed by atoms with Crippen molar-refractivity contribution in [2.45, 2.75) is 338 Å². The monoisotopic (exact) mass is 945 g/mol. The van der Waals surface area contributed by atoms with Crippen LogP contribution >= 0.6 is 13.7 Å². The van der Waals surface area contributed by atoms with Crippen molar-refractivity contribution in [1.82, 2.24) is 0 Å². The van der Waals surface area contributed by atoms with Gasteiger partial charge in [0.05, 0.1) is 0 Å². The quantitative estimate of drug-likeness (QED) is 0.0471. The summed E-state index contributed by atoms with van der Waals surface area (Å²) in [5, 5.41) is 0. The summed E-state index contributed by atoms with van der Waals surface area (Å²) in [6.45, 7) is 13.3. The topological polar surface area (TPSA) is 40.5 Å². The molecule has 392 valence electrons. The number of rotatable bonds is 52. The summed E-state index contributed by atoms with van der Waals surface area (Å²) in [6.07, 6.45) is 68.7. The van der Waals surface area contributed by atoms with Gasteiger partial charge in [-0.3, -0.25) is 0 Å². The van der Waals surface area contributed by atoms with Gasteiger partial charge in [0, 0.05) is 0 Å². The molecule has 0 unspecified atom stereocenters. The maximum absolute atomic E-state index is 12.7. The van der Waals surface area contributed by atoms with Gasteiger partial charge in [0.25, 0.3) is 0 Å². The second kappa shape index (κ2) is 47.5. The second-order valence-electron chi connectivity index (χ2n) is 22.3. The van der Waals surface area contributed by atoms with E-state index in [2.05, 4.69) is 55.4 Å². The van der Waals surface area contributed by atoms with Crippen molar-refractivity contribution < 1.29 is 9.79 Å². The van der Waals surface area contributed by atoms with Crippen molar-refractivity contribution in [1.29, 1.82) is 0 Å². The van der Waals surface area contributed by atoms with Crippen molar-refractivity contribution in [2.24, 2.45) is 0 Å². The van der Waals surface area contributed by atoms with Gasteiger partial charge in [-0.1, -0.05) is 0 Å². The van der Waals surface area contributed by atoms with E-state index >= 15 is 0 Å². The molecule has 0 saturated heterocycles. The summed E-state index contributed by atoms with van der Waals surface area (Å²) >= 11 is 0. The van der Waals surface area contributed by atoms with E-state index in [0.717, 1.165) is 0 Å². The molecule has 0 aliphatic carbocycles. The second-order valence-corrected chi connectivity index (χ2v) is 33.5. The minimum absolute atomic E-state index is 1.19. The van der Waals surface area contributed by atoms with Crippen molar-refractivity contribution >= 4 is 13.7 Å². The molecule has 0 aromatic carbocycles. The molecule has 0 bridgehead atoms.